The summed E-state index contributed by atoms with van der Waals surface area (Å²) in [5.41, 5.74) is 2.22. The number of carbonyl (C=O) groups excluding carboxylic acids is 1. The van der Waals surface area contributed by atoms with E-state index in [1.807, 2.05) is 48.3 Å². The number of para-hydroxylation sites is 1. The average Bonchev–Trinajstić information content (AvgIpc) is 3.56. The SMILES string of the molecule is CN(C(=O)c1ccco1)C(Cc1ccccc1Cl)C1CCN(Cc2cccc3c2OCO3)CC1. The Morgan fingerprint density at radius 1 is 1.06 bits per heavy atom. The van der Waals surface area contributed by atoms with Crippen molar-refractivity contribution in [3.8, 4) is 11.5 Å². The number of amides is 1. The highest BCUT2D eigenvalue weighted by Crippen LogP contribution is 2.37. The molecule has 34 heavy (non-hydrogen) atoms. The first-order valence-electron chi connectivity index (χ1n) is 11.7. The van der Waals surface area contributed by atoms with Crippen LogP contribution >= 0.6 is 11.6 Å². The largest absolute Gasteiger partial charge is 0.459 e. The Morgan fingerprint density at radius 3 is 2.62 bits per heavy atom. The zero-order valence-electron chi connectivity index (χ0n) is 19.3. The van der Waals surface area contributed by atoms with Gasteiger partial charge in [-0.1, -0.05) is 41.9 Å². The van der Waals surface area contributed by atoms with E-state index in [9.17, 15) is 4.79 Å². The Bertz CT molecular complexity index is 1130. The van der Waals surface area contributed by atoms with Crippen LogP contribution in [0.15, 0.2) is 65.3 Å². The van der Waals surface area contributed by atoms with Crippen LogP contribution in [0.3, 0.4) is 0 Å². The first kappa shape index (κ1) is 22.8. The molecular formula is C27H29ClN2O4. The molecule has 2 aliphatic rings. The number of piperidine rings is 1. The number of rotatable bonds is 7. The molecule has 3 aromatic rings. The van der Waals surface area contributed by atoms with Crippen molar-refractivity contribution in [3.63, 3.8) is 0 Å². The number of halogens is 1. The summed E-state index contributed by atoms with van der Waals surface area (Å²) in [6.45, 7) is 3.03. The monoisotopic (exact) mass is 480 g/mol. The summed E-state index contributed by atoms with van der Waals surface area (Å²) in [4.78, 5) is 17.4. The molecule has 6 nitrogen and oxygen atoms in total. The summed E-state index contributed by atoms with van der Waals surface area (Å²) < 4.78 is 16.6. The molecule has 0 spiro atoms. The lowest BCUT2D eigenvalue weighted by atomic mass is 9.84. The normalized spacial score (nSPS) is 17.0. The fraction of sp³-hybridized carbons (Fsp3) is 0.370. The highest BCUT2D eigenvalue weighted by atomic mass is 35.5. The van der Waals surface area contributed by atoms with Gasteiger partial charge in [0.05, 0.1) is 6.26 Å². The molecule has 0 aliphatic carbocycles. The van der Waals surface area contributed by atoms with E-state index in [0.717, 1.165) is 60.1 Å². The molecule has 3 heterocycles. The van der Waals surface area contributed by atoms with Crippen molar-refractivity contribution in [1.82, 2.24) is 9.80 Å². The number of hydrogen-bond donors (Lipinski definition) is 0. The van der Waals surface area contributed by atoms with Gasteiger partial charge in [-0.25, -0.2) is 0 Å². The van der Waals surface area contributed by atoms with Crippen LogP contribution in [0, 0.1) is 5.92 Å². The molecule has 1 unspecified atom stereocenters. The molecule has 1 atom stereocenters. The Hall–Kier alpha value is -2.96. The Kier molecular flexibility index (Phi) is 6.79. The molecule has 1 saturated heterocycles. The van der Waals surface area contributed by atoms with Gasteiger partial charge in [-0.05, 0) is 68.1 Å². The lowest BCUT2D eigenvalue weighted by Gasteiger charge is -2.40. The molecule has 0 N–H and O–H groups in total. The van der Waals surface area contributed by atoms with Gasteiger partial charge in [0, 0.05) is 30.2 Å². The summed E-state index contributed by atoms with van der Waals surface area (Å²) >= 11 is 6.50. The lowest BCUT2D eigenvalue weighted by Crippen LogP contribution is -2.47. The van der Waals surface area contributed by atoms with Crippen LogP contribution in [-0.2, 0) is 13.0 Å². The molecule has 5 rings (SSSR count). The molecule has 1 amide bonds. The van der Waals surface area contributed by atoms with Crippen molar-refractivity contribution in [2.24, 2.45) is 5.92 Å². The third-order valence-corrected chi connectivity index (χ3v) is 7.35. The molecule has 7 heteroatoms. The predicted octanol–water partition coefficient (Wildman–Crippen LogP) is 5.26. The third-order valence-electron chi connectivity index (χ3n) is 6.99. The first-order chi connectivity index (χ1) is 16.6. The fourth-order valence-electron chi connectivity index (χ4n) is 5.09. The van der Waals surface area contributed by atoms with Crippen molar-refractivity contribution < 1.29 is 18.7 Å². The number of likely N-dealkylation sites (tertiary alicyclic amines) is 1. The number of furan rings is 1. The number of likely N-dealkylation sites (N-methyl/N-ethyl adjacent to an activating group) is 1. The van der Waals surface area contributed by atoms with Gasteiger partial charge in [-0.15, -0.1) is 0 Å². The Morgan fingerprint density at radius 2 is 1.85 bits per heavy atom. The van der Waals surface area contributed by atoms with Gasteiger partial charge in [0.2, 0.25) is 6.79 Å². The molecular weight excluding hydrogens is 452 g/mol. The molecule has 1 fully saturated rings. The molecule has 0 radical (unpaired) electrons. The minimum Gasteiger partial charge on any atom is -0.459 e. The number of fused-ring (bicyclic) bond motifs is 1. The van der Waals surface area contributed by atoms with E-state index in [0.29, 0.717) is 18.1 Å². The van der Waals surface area contributed by atoms with E-state index in [-0.39, 0.29) is 18.7 Å². The Labute approximate surface area is 205 Å². The Balaban J connectivity index is 1.29. The van der Waals surface area contributed by atoms with Gasteiger partial charge in [-0.3, -0.25) is 9.69 Å². The van der Waals surface area contributed by atoms with Crippen LogP contribution in [0.2, 0.25) is 5.02 Å². The van der Waals surface area contributed by atoms with E-state index in [2.05, 4.69) is 11.0 Å². The van der Waals surface area contributed by atoms with Crippen LogP contribution in [0.4, 0.5) is 0 Å². The third kappa shape index (κ3) is 4.79. The zero-order valence-corrected chi connectivity index (χ0v) is 20.0. The molecule has 178 valence electrons. The maximum Gasteiger partial charge on any atom is 0.289 e. The van der Waals surface area contributed by atoms with E-state index < -0.39 is 0 Å². The first-order valence-corrected chi connectivity index (χ1v) is 12.1. The van der Waals surface area contributed by atoms with Crippen LogP contribution in [-0.4, -0.2) is 48.7 Å². The maximum atomic E-state index is 13.1. The van der Waals surface area contributed by atoms with Gasteiger partial charge >= 0.3 is 0 Å². The minimum absolute atomic E-state index is 0.0253. The van der Waals surface area contributed by atoms with E-state index in [1.54, 1.807) is 12.1 Å². The summed E-state index contributed by atoms with van der Waals surface area (Å²) in [7, 11) is 1.88. The van der Waals surface area contributed by atoms with Gasteiger partial charge in [0.15, 0.2) is 17.3 Å². The molecule has 0 bridgehead atoms. The van der Waals surface area contributed by atoms with Crippen molar-refractivity contribution in [1.29, 1.82) is 0 Å². The second kappa shape index (κ2) is 10.1. The number of nitrogens with zero attached hydrogens (tertiary/aromatic N) is 2. The molecule has 1 aromatic heterocycles. The van der Waals surface area contributed by atoms with Crippen LogP contribution in [0.25, 0.3) is 0 Å². The van der Waals surface area contributed by atoms with E-state index in [4.69, 9.17) is 25.5 Å². The van der Waals surface area contributed by atoms with Gasteiger partial charge in [0.25, 0.3) is 5.91 Å². The maximum absolute atomic E-state index is 13.1. The average molecular weight is 481 g/mol. The van der Waals surface area contributed by atoms with Crippen molar-refractivity contribution >= 4 is 17.5 Å². The number of hydrogen-bond acceptors (Lipinski definition) is 5. The van der Waals surface area contributed by atoms with Crippen molar-refractivity contribution in [2.75, 3.05) is 26.9 Å². The topological polar surface area (TPSA) is 55.2 Å². The van der Waals surface area contributed by atoms with Crippen molar-refractivity contribution in [2.45, 2.75) is 31.8 Å². The highest BCUT2D eigenvalue weighted by Gasteiger charge is 2.33. The summed E-state index contributed by atoms with van der Waals surface area (Å²) in [6.07, 6.45) is 4.25. The van der Waals surface area contributed by atoms with E-state index in [1.165, 1.54) is 6.26 Å². The number of ether oxygens (including phenoxy) is 2. The fourth-order valence-corrected chi connectivity index (χ4v) is 5.30. The molecule has 2 aliphatic heterocycles. The van der Waals surface area contributed by atoms with Crippen LogP contribution in [0.1, 0.15) is 34.5 Å². The molecule has 0 saturated carbocycles. The summed E-state index contributed by atoms with van der Waals surface area (Å²) in [5.74, 6) is 2.32. The van der Waals surface area contributed by atoms with Gasteiger partial charge in [0.1, 0.15) is 0 Å². The highest BCUT2D eigenvalue weighted by molar-refractivity contribution is 6.31. The zero-order chi connectivity index (χ0) is 23.5. The summed E-state index contributed by atoms with van der Waals surface area (Å²) in [6, 6.07) is 17.5. The number of carbonyl (C=O) groups is 1. The smallest absolute Gasteiger partial charge is 0.289 e. The summed E-state index contributed by atoms with van der Waals surface area (Å²) in [5, 5.41) is 0.740. The quantitative estimate of drug-likeness (QED) is 0.462. The molecule has 2 aromatic carbocycles. The van der Waals surface area contributed by atoms with Crippen LogP contribution < -0.4 is 9.47 Å². The predicted molar refractivity (Wildman–Crippen MR) is 130 cm³/mol. The van der Waals surface area contributed by atoms with Crippen molar-refractivity contribution in [3.05, 3.63) is 82.8 Å². The lowest BCUT2D eigenvalue weighted by molar-refractivity contribution is 0.0555. The minimum atomic E-state index is -0.0959. The van der Waals surface area contributed by atoms with Gasteiger partial charge in [-0.2, -0.15) is 0 Å². The standard InChI is InChI=1S/C27H29ClN2O4/c1-29(27(31)25-10-5-15-32-25)23(16-20-6-2-3-8-22(20)28)19-11-13-30(14-12-19)17-21-7-4-9-24-26(21)34-18-33-24/h2-10,15,19,23H,11-14,16-18H2,1H3. The van der Waals surface area contributed by atoms with Gasteiger partial charge < -0.3 is 18.8 Å². The van der Waals surface area contributed by atoms with Crippen LogP contribution in [0.5, 0.6) is 11.5 Å². The second-order valence-corrected chi connectivity index (χ2v) is 9.43. The van der Waals surface area contributed by atoms with E-state index >= 15 is 0 Å². The number of benzene rings is 2. The second-order valence-electron chi connectivity index (χ2n) is 9.02.